The predicted molar refractivity (Wildman–Crippen MR) is 70.3 cm³/mol. The van der Waals surface area contributed by atoms with Gasteiger partial charge in [0.05, 0.1) is 13.7 Å². The van der Waals surface area contributed by atoms with E-state index in [0.29, 0.717) is 36.4 Å². The third kappa shape index (κ3) is 3.03. The third-order valence-corrected chi connectivity index (χ3v) is 2.53. The van der Waals surface area contributed by atoms with E-state index in [-0.39, 0.29) is 0 Å². The summed E-state index contributed by atoms with van der Waals surface area (Å²) < 4.78 is 15.8. The molecular weight excluding hydrogens is 246 g/mol. The Morgan fingerprint density at radius 1 is 1.21 bits per heavy atom. The van der Waals surface area contributed by atoms with Crippen LogP contribution in [0.4, 0.5) is 0 Å². The van der Waals surface area contributed by atoms with Crippen LogP contribution in [0.15, 0.2) is 18.2 Å². The molecule has 0 fully saturated rings. The second-order valence-corrected chi connectivity index (χ2v) is 3.84. The van der Waals surface area contributed by atoms with Crippen molar-refractivity contribution >= 4 is 0 Å². The zero-order chi connectivity index (χ0) is 13.7. The van der Waals surface area contributed by atoms with Crippen LogP contribution in [-0.4, -0.2) is 36.0 Å². The van der Waals surface area contributed by atoms with Gasteiger partial charge < -0.3 is 14.2 Å². The summed E-state index contributed by atoms with van der Waals surface area (Å²) in [6.45, 7) is 2.90. The average Bonchev–Trinajstić information content (AvgIpc) is 2.88. The highest BCUT2D eigenvalue weighted by molar-refractivity contribution is 5.60. The number of rotatable bonds is 6. The number of H-pyrrole nitrogens is 1. The van der Waals surface area contributed by atoms with Gasteiger partial charge in [-0.25, -0.2) is 4.98 Å². The van der Waals surface area contributed by atoms with Crippen molar-refractivity contribution < 1.29 is 14.2 Å². The molecule has 19 heavy (non-hydrogen) atoms. The van der Waals surface area contributed by atoms with Gasteiger partial charge in [0, 0.05) is 12.7 Å². The van der Waals surface area contributed by atoms with E-state index in [1.165, 1.54) is 0 Å². The third-order valence-electron chi connectivity index (χ3n) is 2.53. The van der Waals surface area contributed by atoms with Gasteiger partial charge in [-0.3, -0.25) is 5.10 Å². The van der Waals surface area contributed by atoms with Crippen molar-refractivity contribution in [2.24, 2.45) is 0 Å². The maximum atomic E-state index is 5.53. The fourth-order valence-corrected chi connectivity index (χ4v) is 1.71. The van der Waals surface area contributed by atoms with Crippen molar-refractivity contribution in [1.82, 2.24) is 15.2 Å². The Bertz CT molecular complexity index is 540. The van der Waals surface area contributed by atoms with Crippen molar-refractivity contribution in [3.63, 3.8) is 0 Å². The van der Waals surface area contributed by atoms with Crippen LogP contribution < -0.4 is 9.47 Å². The highest BCUT2D eigenvalue weighted by atomic mass is 16.5. The summed E-state index contributed by atoms with van der Waals surface area (Å²) >= 11 is 0. The monoisotopic (exact) mass is 263 g/mol. The molecule has 2 rings (SSSR count). The largest absolute Gasteiger partial charge is 0.493 e. The first-order valence-corrected chi connectivity index (χ1v) is 6.00. The maximum absolute atomic E-state index is 5.53. The van der Waals surface area contributed by atoms with Crippen molar-refractivity contribution in [3.8, 4) is 22.9 Å². The fraction of sp³-hybridized carbons (Fsp3) is 0.385. The van der Waals surface area contributed by atoms with Gasteiger partial charge in [0.1, 0.15) is 6.61 Å². The molecule has 1 aromatic heterocycles. The molecule has 0 aliphatic carbocycles. The summed E-state index contributed by atoms with van der Waals surface area (Å²) in [7, 11) is 3.23. The molecule has 1 heterocycles. The van der Waals surface area contributed by atoms with E-state index in [9.17, 15) is 0 Å². The molecule has 0 saturated heterocycles. The summed E-state index contributed by atoms with van der Waals surface area (Å²) in [6.07, 6.45) is 0. The van der Waals surface area contributed by atoms with Gasteiger partial charge in [-0.1, -0.05) is 0 Å². The molecule has 6 heteroatoms. The normalized spacial score (nSPS) is 10.5. The van der Waals surface area contributed by atoms with Crippen LogP contribution in [0.5, 0.6) is 11.5 Å². The van der Waals surface area contributed by atoms with E-state index in [1.807, 2.05) is 25.1 Å². The molecule has 0 radical (unpaired) electrons. The predicted octanol–water partition coefficient (Wildman–Crippen LogP) is 2.03. The first kappa shape index (κ1) is 13.4. The molecule has 0 aliphatic heterocycles. The van der Waals surface area contributed by atoms with E-state index < -0.39 is 0 Å². The van der Waals surface area contributed by atoms with E-state index in [4.69, 9.17) is 14.2 Å². The van der Waals surface area contributed by atoms with Crippen LogP contribution in [0.2, 0.25) is 0 Å². The standard InChI is InChI=1S/C13H17N3O3/c1-4-19-11-7-9(5-6-10(11)18-3)13-14-12(8-17-2)15-16-13/h5-7H,4,8H2,1-3H3,(H,14,15,16). The molecular formula is C13H17N3O3. The van der Waals surface area contributed by atoms with Gasteiger partial charge in [0.15, 0.2) is 23.1 Å². The lowest BCUT2D eigenvalue weighted by atomic mass is 10.2. The Balaban J connectivity index is 2.30. The number of nitrogens with zero attached hydrogens (tertiary/aromatic N) is 2. The fourth-order valence-electron chi connectivity index (χ4n) is 1.71. The maximum Gasteiger partial charge on any atom is 0.181 e. The molecule has 2 aromatic rings. The number of methoxy groups -OCH3 is 2. The van der Waals surface area contributed by atoms with E-state index in [2.05, 4.69) is 15.2 Å². The molecule has 6 nitrogen and oxygen atoms in total. The topological polar surface area (TPSA) is 69.3 Å². The van der Waals surface area contributed by atoms with Gasteiger partial charge in [-0.05, 0) is 25.1 Å². The molecule has 1 aromatic carbocycles. The first-order valence-electron chi connectivity index (χ1n) is 6.00. The molecule has 102 valence electrons. The lowest BCUT2D eigenvalue weighted by Crippen LogP contribution is -1.96. The number of hydrogen-bond donors (Lipinski definition) is 1. The second-order valence-electron chi connectivity index (χ2n) is 3.84. The SMILES string of the molecule is CCOc1cc(-c2n[nH]c(COC)n2)ccc1OC. The van der Waals surface area contributed by atoms with Gasteiger partial charge in [-0.2, -0.15) is 5.10 Å². The van der Waals surface area contributed by atoms with Crippen LogP contribution in [-0.2, 0) is 11.3 Å². The van der Waals surface area contributed by atoms with Crippen molar-refractivity contribution in [2.75, 3.05) is 20.8 Å². The number of nitrogens with one attached hydrogen (secondary N) is 1. The number of aromatic amines is 1. The second kappa shape index (κ2) is 6.19. The quantitative estimate of drug-likeness (QED) is 0.863. The van der Waals surface area contributed by atoms with Crippen LogP contribution >= 0.6 is 0 Å². The van der Waals surface area contributed by atoms with E-state index >= 15 is 0 Å². The summed E-state index contributed by atoms with van der Waals surface area (Å²) in [6, 6.07) is 5.59. The lowest BCUT2D eigenvalue weighted by molar-refractivity contribution is 0.178. The minimum Gasteiger partial charge on any atom is -0.493 e. The Morgan fingerprint density at radius 3 is 2.74 bits per heavy atom. The zero-order valence-electron chi connectivity index (χ0n) is 11.3. The highest BCUT2D eigenvalue weighted by Gasteiger charge is 2.10. The van der Waals surface area contributed by atoms with Crippen molar-refractivity contribution in [1.29, 1.82) is 0 Å². The molecule has 0 spiro atoms. The number of hydrogen-bond acceptors (Lipinski definition) is 5. The molecule has 0 atom stereocenters. The Morgan fingerprint density at radius 2 is 2.05 bits per heavy atom. The van der Waals surface area contributed by atoms with Crippen LogP contribution in [0, 0.1) is 0 Å². The van der Waals surface area contributed by atoms with E-state index in [1.54, 1.807) is 14.2 Å². The minimum absolute atomic E-state index is 0.404. The van der Waals surface area contributed by atoms with Gasteiger partial charge >= 0.3 is 0 Å². The number of aromatic nitrogens is 3. The molecule has 0 saturated carbocycles. The van der Waals surface area contributed by atoms with Crippen LogP contribution in [0.1, 0.15) is 12.7 Å². The molecule has 0 aliphatic rings. The summed E-state index contributed by atoms with van der Waals surface area (Å²) in [5, 5.41) is 6.98. The Labute approximate surface area is 111 Å². The van der Waals surface area contributed by atoms with Crippen molar-refractivity contribution in [2.45, 2.75) is 13.5 Å². The first-order chi connectivity index (χ1) is 9.28. The highest BCUT2D eigenvalue weighted by Crippen LogP contribution is 2.31. The van der Waals surface area contributed by atoms with Crippen LogP contribution in [0.3, 0.4) is 0 Å². The Kier molecular flexibility index (Phi) is 4.35. The number of ether oxygens (including phenoxy) is 3. The summed E-state index contributed by atoms with van der Waals surface area (Å²) in [4.78, 5) is 4.34. The van der Waals surface area contributed by atoms with Gasteiger partial charge in [0.2, 0.25) is 0 Å². The lowest BCUT2D eigenvalue weighted by Gasteiger charge is -2.09. The van der Waals surface area contributed by atoms with Crippen LogP contribution in [0.25, 0.3) is 11.4 Å². The summed E-state index contributed by atoms with van der Waals surface area (Å²) in [5.74, 6) is 2.67. The number of benzene rings is 1. The molecule has 1 N–H and O–H groups in total. The van der Waals surface area contributed by atoms with Gasteiger partial charge in [0.25, 0.3) is 0 Å². The van der Waals surface area contributed by atoms with Crippen molar-refractivity contribution in [3.05, 3.63) is 24.0 Å². The zero-order valence-corrected chi connectivity index (χ0v) is 11.3. The summed E-state index contributed by atoms with van der Waals surface area (Å²) in [5.41, 5.74) is 0.864. The van der Waals surface area contributed by atoms with Gasteiger partial charge in [-0.15, -0.1) is 0 Å². The minimum atomic E-state index is 0.404. The Hall–Kier alpha value is -2.08. The molecule has 0 bridgehead atoms. The average molecular weight is 263 g/mol. The smallest absolute Gasteiger partial charge is 0.181 e. The molecule has 0 unspecified atom stereocenters. The van der Waals surface area contributed by atoms with E-state index in [0.717, 1.165) is 5.56 Å². The molecule has 0 amide bonds.